The quantitative estimate of drug-likeness (QED) is 0.730. The average Bonchev–Trinajstić information content (AvgIpc) is 2.45. The van der Waals surface area contributed by atoms with E-state index in [9.17, 15) is 0 Å². The average molecular weight is 252 g/mol. The van der Waals surface area contributed by atoms with Gasteiger partial charge in [-0.2, -0.15) is 0 Å². The van der Waals surface area contributed by atoms with Crippen LogP contribution in [0.25, 0.3) is 0 Å². The highest BCUT2D eigenvalue weighted by Gasteiger charge is 2.18. The van der Waals surface area contributed by atoms with Crippen LogP contribution in [0.1, 0.15) is 58.3 Å². The molecular weight excluding hydrogens is 220 g/mol. The van der Waals surface area contributed by atoms with E-state index in [-0.39, 0.29) is 0 Å². The van der Waals surface area contributed by atoms with Crippen LogP contribution in [-0.2, 0) is 0 Å². The molecule has 1 N–H and O–H groups in total. The van der Waals surface area contributed by atoms with Crippen LogP contribution in [0.5, 0.6) is 0 Å². The predicted octanol–water partition coefficient (Wildman–Crippen LogP) is 3.28. The molecular formula is C16H32N2. The summed E-state index contributed by atoms with van der Waals surface area (Å²) in [6, 6.07) is 0. The maximum atomic E-state index is 3.72. The fourth-order valence-corrected chi connectivity index (χ4v) is 3.59. The third-order valence-electron chi connectivity index (χ3n) is 5.04. The minimum atomic E-state index is 0.944. The summed E-state index contributed by atoms with van der Waals surface area (Å²) >= 11 is 0. The minimum absolute atomic E-state index is 0.944. The third-order valence-corrected chi connectivity index (χ3v) is 5.04. The number of likely N-dealkylation sites (tertiary alicyclic amines) is 1. The van der Waals surface area contributed by atoms with E-state index in [4.69, 9.17) is 0 Å². The Bertz CT molecular complexity index is 203. The molecule has 2 fully saturated rings. The maximum Gasteiger partial charge on any atom is -0.00157 e. The highest BCUT2D eigenvalue weighted by Crippen LogP contribution is 2.25. The van der Waals surface area contributed by atoms with E-state index >= 15 is 0 Å². The molecule has 1 aliphatic heterocycles. The first-order valence-corrected chi connectivity index (χ1v) is 8.31. The van der Waals surface area contributed by atoms with Gasteiger partial charge in [0.1, 0.15) is 0 Å². The normalized spacial score (nSPS) is 24.5. The highest BCUT2D eigenvalue weighted by atomic mass is 15.1. The number of hydrogen-bond acceptors (Lipinski definition) is 2. The van der Waals surface area contributed by atoms with Gasteiger partial charge < -0.3 is 10.2 Å². The molecule has 1 heterocycles. The van der Waals surface area contributed by atoms with Crippen molar-refractivity contribution in [2.45, 2.75) is 58.3 Å². The first-order valence-electron chi connectivity index (χ1n) is 8.31. The number of rotatable bonds is 6. The molecule has 1 aliphatic carbocycles. The summed E-state index contributed by atoms with van der Waals surface area (Å²) in [7, 11) is 0. The monoisotopic (exact) mass is 252 g/mol. The van der Waals surface area contributed by atoms with Gasteiger partial charge in [0.2, 0.25) is 0 Å². The summed E-state index contributed by atoms with van der Waals surface area (Å²) in [5.41, 5.74) is 0. The van der Waals surface area contributed by atoms with Crippen LogP contribution in [0, 0.1) is 11.8 Å². The molecule has 0 atom stereocenters. The van der Waals surface area contributed by atoms with Gasteiger partial charge in [0, 0.05) is 0 Å². The molecule has 0 spiro atoms. The Kier molecular flexibility index (Phi) is 6.50. The van der Waals surface area contributed by atoms with Gasteiger partial charge in [0.15, 0.2) is 0 Å². The molecule has 0 bridgehead atoms. The van der Waals surface area contributed by atoms with Gasteiger partial charge in [0.25, 0.3) is 0 Å². The minimum Gasteiger partial charge on any atom is -0.316 e. The van der Waals surface area contributed by atoms with Gasteiger partial charge >= 0.3 is 0 Å². The van der Waals surface area contributed by atoms with Gasteiger partial charge in [-0.15, -0.1) is 0 Å². The topological polar surface area (TPSA) is 15.3 Å². The zero-order valence-electron chi connectivity index (χ0n) is 12.3. The van der Waals surface area contributed by atoms with Gasteiger partial charge in [-0.25, -0.2) is 0 Å². The maximum absolute atomic E-state index is 3.72. The summed E-state index contributed by atoms with van der Waals surface area (Å²) in [6.45, 7) is 8.70. The molecule has 2 aliphatic rings. The van der Waals surface area contributed by atoms with E-state index in [0.717, 1.165) is 11.8 Å². The SMILES string of the molecule is CCN1CCC(CNCCC2CCCCC2)CC1. The van der Waals surface area contributed by atoms with E-state index < -0.39 is 0 Å². The summed E-state index contributed by atoms with van der Waals surface area (Å²) in [6.07, 6.45) is 11.7. The second kappa shape index (κ2) is 8.16. The van der Waals surface area contributed by atoms with Crippen molar-refractivity contribution in [1.82, 2.24) is 10.2 Å². The van der Waals surface area contributed by atoms with Gasteiger partial charge in [-0.05, 0) is 63.8 Å². The fourth-order valence-electron chi connectivity index (χ4n) is 3.59. The van der Waals surface area contributed by atoms with Crippen molar-refractivity contribution in [2.24, 2.45) is 11.8 Å². The zero-order chi connectivity index (χ0) is 12.6. The van der Waals surface area contributed by atoms with Crippen molar-refractivity contribution in [1.29, 1.82) is 0 Å². The Morgan fingerprint density at radius 3 is 2.33 bits per heavy atom. The second-order valence-electron chi connectivity index (χ2n) is 6.37. The lowest BCUT2D eigenvalue weighted by molar-refractivity contribution is 0.189. The van der Waals surface area contributed by atoms with Gasteiger partial charge in [0.05, 0.1) is 0 Å². The van der Waals surface area contributed by atoms with Crippen LogP contribution in [-0.4, -0.2) is 37.6 Å². The number of nitrogens with one attached hydrogen (secondary N) is 1. The van der Waals surface area contributed by atoms with Crippen LogP contribution in [0.4, 0.5) is 0 Å². The predicted molar refractivity (Wildman–Crippen MR) is 78.9 cm³/mol. The van der Waals surface area contributed by atoms with E-state index in [2.05, 4.69) is 17.1 Å². The van der Waals surface area contributed by atoms with Crippen molar-refractivity contribution in [2.75, 3.05) is 32.7 Å². The lowest BCUT2D eigenvalue weighted by atomic mass is 9.87. The molecule has 1 saturated heterocycles. The van der Waals surface area contributed by atoms with Gasteiger partial charge in [-0.3, -0.25) is 0 Å². The first kappa shape index (κ1) is 14.3. The second-order valence-corrected chi connectivity index (χ2v) is 6.37. The van der Waals surface area contributed by atoms with Crippen molar-refractivity contribution >= 4 is 0 Å². The van der Waals surface area contributed by atoms with Gasteiger partial charge in [-0.1, -0.05) is 39.0 Å². The fraction of sp³-hybridized carbons (Fsp3) is 1.00. The molecule has 106 valence electrons. The number of hydrogen-bond donors (Lipinski definition) is 1. The molecule has 0 aromatic rings. The van der Waals surface area contributed by atoms with E-state index in [1.165, 1.54) is 84.1 Å². The molecule has 0 aromatic carbocycles. The lowest BCUT2D eigenvalue weighted by Crippen LogP contribution is -2.37. The van der Waals surface area contributed by atoms with Crippen molar-refractivity contribution in [3.05, 3.63) is 0 Å². The molecule has 2 nitrogen and oxygen atoms in total. The lowest BCUT2D eigenvalue weighted by Gasteiger charge is -2.31. The summed E-state index contributed by atoms with van der Waals surface area (Å²) < 4.78 is 0. The Morgan fingerprint density at radius 2 is 1.67 bits per heavy atom. The smallest absolute Gasteiger partial charge is 0.00157 e. The molecule has 0 unspecified atom stereocenters. The van der Waals surface area contributed by atoms with E-state index in [0.29, 0.717) is 0 Å². The zero-order valence-corrected chi connectivity index (χ0v) is 12.3. The van der Waals surface area contributed by atoms with Crippen molar-refractivity contribution in [3.8, 4) is 0 Å². The molecule has 2 heteroatoms. The largest absolute Gasteiger partial charge is 0.316 e. The molecule has 18 heavy (non-hydrogen) atoms. The van der Waals surface area contributed by atoms with Crippen LogP contribution in [0.2, 0.25) is 0 Å². The van der Waals surface area contributed by atoms with Crippen molar-refractivity contribution in [3.63, 3.8) is 0 Å². The van der Waals surface area contributed by atoms with Crippen LogP contribution in [0.3, 0.4) is 0 Å². The molecule has 0 amide bonds. The molecule has 0 aromatic heterocycles. The standard InChI is InChI=1S/C16H32N2/c1-2-18-12-9-16(10-13-18)14-17-11-8-15-6-4-3-5-7-15/h15-17H,2-14H2,1H3. The Balaban J connectivity index is 1.48. The highest BCUT2D eigenvalue weighted by molar-refractivity contribution is 4.73. The Hall–Kier alpha value is -0.0800. The summed E-state index contributed by atoms with van der Waals surface area (Å²) in [4.78, 5) is 2.58. The van der Waals surface area contributed by atoms with E-state index in [1.807, 2.05) is 0 Å². The van der Waals surface area contributed by atoms with Crippen LogP contribution in [0.15, 0.2) is 0 Å². The number of piperidine rings is 1. The number of nitrogens with zero attached hydrogens (tertiary/aromatic N) is 1. The van der Waals surface area contributed by atoms with Crippen LogP contribution >= 0.6 is 0 Å². The summed E-state index contributed by atoms with van der Waals surface area (Å²) in [5.74, 6) is 1.98. The summed E-state index contributed by atoms with van der Waals surface area (Å²) in [5, 5.41) is 3.72. The van der Waals surface area contributed by atoms with Crippen molar-refractivity contribution < 1.29 is 0 Å². The van der Waals surface area contributed by atoms with Crippen LogP contribution < -0.4 is 5.32 Å². The Labute approximate surface area is 114 Å². The molecule has 0 radical (unpaired) electrons. The Morgan fingerprint density at radius 1 is 0.944 bits per heavy atom. The third kappa shape index (κ3) is 4.89. The van der Waals surface area contributed by atoms with E-state index in [1.54, 1.807) is 0 Å². The molecule has 1 saturated carbocycles. The first-order chi connectivity index (χ1) is 8.88. The molecule has 2 rings (SSSR count).